The molecule has 0 radical (unpaired) electrons. The van der Waals surface area contributed by atoms with E-state index in [0.717, 1.165) is 33.8 Å². The van der Waals surface area contributed by atoms with E-state index in [1.54, 1.807) is 0 Å². The molecule has 0 atom stereocenters. The molecule has 1 aliphatic rings. The summed E-state index contributed by atoms with van der Waals surface area (Å²) in [6, 6.07) is 68.0. The number of benzene rings is 9. The first-order valence-corrected chi connectivity index (χ1v) is 20.1. The molecule has 0 N–H and O–H groups in total. The minimum absolute atomic E-state index is 0.218. The number of para-hydroxylation sites is 1. The van der Waals surface area contributed by atoms with Gasteiger partial charge in [-0.25, -0.2) is 9.97 Å². The van der Waals surface area contributed by atoms with Crippen molar-refractivity contribution < 1.29 is 0 Å². The number of rotatable bonds is 4. The third-order valence-corrected chi connectivity index (χ3v) is 12.5. The van der Waals surface area contributed by atoms with E-state index in [2.05, 4.69) is 194 Å². The molecule has 58 heavy (non-hydrogen) atoms. The molecule has 0 amide bonds. The molecular weight excluding hydrogens is 703 g/mol. The minimum Gasteiger partial charge on any atom is -0.309 e. The van der Waals surface area contributed by atoms with Crippen molar-refractivity contribution in [2.75, 3.05) is 0 Å². The Morgan fingerprint density at radius 3 is 1.62 bits per heavy atom. The summed E-state index contributed by atoms with van der Waals surface area (Å²) in [5, 5.41) is 10.4. The summed E-state index contributed by atoms with van der Waals surface area (Å²) in [6.07, 6.45) is 0. The smallest absolute Gasteiger partial charge is 0.160 e. The fourth-order valence-corrected chi connectivity index (χ4v) is 9.91. The van der Waals surface area contributed by atoms with Gasteiger partial charge in [-0.1, -0.05) is 166 Å². The zero-order chi connectivity index (χ0) is 38.5. The molecule has 0 saturated heterocycles. The van der Waals surface area contributed by atoms with Gasteiger partial charge in [0.05, 0.1) is 22.4 Å². The molecular formula is C55H37N3. The molecule has 272 valence electrons. The topological polar surface area (TPSA) is 30.7 Å². The zero-order valence-corrected chi connectivity index (χ0v) is 32.2. The lowest BCUT2D eigenvalue weighted by Gasteiger charge is -2.25. The standard InChI is InChI=1S/C55H37N3/c1-55(2)47-31-46-41-25-13-14-27-50(41)58(37-21-15-20-36(30-37)54-56-48(34-16-5-3-6-17-34)33-49(57-54)35-18-7-4-8-19-35)51(46)32-45(47)44-29-28-43-40-24-10-9-22-38(40)39-23-11-12-26-42(39)52(43)53(44)55/h3-33H,1-2H3. The Balaban J connectivity index is 1.09. The van der Waals surface area contributed by atoms with Crippen LogP contribution in [0.5, 0.6) is 0 Å². The van der Waals surface area contributed by atoms with Crippen molar-refractivity contribution in [1.29, 1.82) is 0 Å². The minimum atomic E-state index is -0.218. The zero-order valence-electron chi connectivity index (χ0n) is 32.2. The summed E-state index contributed by atoms with van der Waals surface area (Å²) in [4.78, 5) is 10.4. The van der Waals surface area contributed by atoms with E-state index < -0.39 is 0 Å². The van der Waals surface area contributed by atoms with Gasteiger partial charge in [-0.05, 0) is 91.0 Å². The number of aromatic nitrogens is 3. The summed E-state index contributed by atoms with van der Waals surface area (Å²) in [6.45, 7) is 4.84. The van der Waals surface area contributed by atoms with Crippen LogP contribution in [0.4, 0.5) is 0 Å². The third-order valence-electron chi connectivity index (χ3n) is 12.5. The Morgan fingerprint density at radius 2 is 0.948 bits per heavy atom. The van der Waals surface area contributed by atoms with Crippen LogP contribution in [0.1, 0.15) is 25.0 Å². The molecule has 11 aromatic rings. The van der Waals surface area contributed by atoms with Gasteiger partial charge < -0.3 is 4.57 Å². The fourth-order valence-electron chi connectivity index (χ4n) is 9.91. The molecule has 0 aliphatic heterocycles. The van der Waals surface area contributed by atoms with Crippen LogP contribution in [-0.4, -0.2) is 14.5 Å². The Morgan fingerprint density at radius 1 is 0.397 bits per heavy atom. The first kappa shape index (κ1) is 32.8. The molecule has 2 aromatic heterocycles. The van der Waals surface area contributed by atoms with Gasteiger partial charge >= 0.3 is 0 Å². The Bertz CT molecular complexity index is 3370. The maximum atomic E-state index is 5.18. The second kappa shape index (κ2) is 12.3. The molecule has 0 saturated carbocycles. The van der Waals surface area contributed by atoms with Crippen molar-refractivity contribution in [2.45, 2.75) is 19.3 Å². The van der Waals surface area contributed by atoms with Crippen molar-refractivity contribution in [1.82, 2.24) is 14.5 Å². The molecule has 0 fully saturated rings. The summed E-state index contributed by atoms with van der Waals surface area (Å²) in [5.41, 5.74) is 13.5. The molecule has 3 nitrogen and oxygen atoms in total. The SMILES string of the molecule is CC1(C)c2cc3c4ccccc4n(-c4cccc(-c5nc(-c6ccccc6)cc(-c6ccccc6)n5)c4)c3cc2-c2ccc3c4ccccc4c4ccccc4c3c21. The van der Waals surface area contributed by atoms with E-state index in [1.807, 2.05) is 12.1 Å². The van der Waals surface area contributed by atoms with Crippen LogP contribution in [0.3, 0.4) is 0 Å². The summed E-state index contributed by atoms with van der Waals surface area (Å²) < 4.78 is 2.43. The van der Waals surface area contributed by atoms with Crippen LogP contribution in [0.15, 0.2) is 188 Å². The van der Waals surface area contributed by atoms with Gasteiger partial charge in [-0.3, -0.25) is 0 Å². The number of hydrogen-bond donors (Lipinski definition) is 0. The largest absolute Gasteiger partial charge is 0.309 e. The predicted molar refractivity (Wildman–Crippen MR) is 243 cm³/mol. The first-order valence-electron chi connectivity index (χ1n) is 20.1. The van der Waals surface area contributed by atoms with Crippen molar-refractivity contribution >= 4 is 54.1 Å². The van der Waals surface area contributed by atoms with Crippen molar-refractivity contribution in [3.63, 3.8) is 0 Å². The van der Waals surface area contributed by atoms with E-state index in [9.17, 15) is 0 Å². The lowest BCUT2D eigenvalue weighted by atomic mass is 9.78. The van der Waals surface area contributed by atoms with E-state index in [4.69, 9.17) is 9.97 Å². The molecule has 9 aromatic carbocycles. The van der Waals surface area contributed by atoms with Gasteiger partial charge in [0.2, 0.25) is 0 Å². The highest BCUT2D eigenvalue weighted by atomic mass is 15.0. The van der Waals surface area contributed by atoms with Crippen molar-refractivity contribution in [3.8, 4) is 50.7 Å². The van der Waals surface area contributed by atoms with Crippen LogP contribution in [0.25, 0.3) is 105 Å². The average Bonchev–Trinajstić information content (AvgIpc) is 3.73. The van der Waals surface area contributed by atoms with Gasteiger partial charge in [-0.2, -0.15) is 0 Å². The normalized spacial score (nSPS) is 13.1. The van der Waals surface area contributed by atoms with Crippen LogP contribution >= 0.6 is 0 Å². The second-order valence-electron chi connectivity index (χ2n) is 16.1. The maximum Gasteiger partial charge on any atom is 0.160 e. The number of fused-ring (bicyclic) bond motifs is 13. The van der Waals surface area contributed by atoms with E-state index in [-0.39, 0.29) is 5.41 Å². The quantitative estimate of drug-likeness (QED) is 0.168. The van der Waals surface area contributed by atoms with Gasteiger partial charge in [-0.15, -0.1) is 0 Å². The molecule has 0 spiro atoms. The molecule has 1 aliphatic carbocycles. The fraction of sp³-hybridized carbons (Fsp3) is 0.0545. The molecule has 0 unspecified atom stereocenters. The first-order chi connectivity index (χ1) is 28.5. The Kier molecular flexibility index (Phi) is 6.98. The summed E-state index contributed by atoms with van der Waals surface area (Å²) >= 11 is 0. The van der Waals surface area contributed by atoms with E-state index in [0.29, 0.717) is 5.82 Å². The van der Waals surface area contributed by atoms with Gasteiger partial charge in [0.15, 0.2) is 5.82 Å². The molecule has 0 bridgehead atoms. The third kappa shape index (κ3) is 4.74. The number of hydrogen-bond acceptors (Lipinski definition) is 2. The monoisotopic (exact) mass is 739 g/mol. The van der Waals surface area contributed by atoms with Gasteiger partial charge in [0.1, 0.15) is 0 Å². The van der Waals surface area contributed by atoms with Crippen molar-refractivity contribution in [2.24, 2.45) is 0 Å². The molecule has 3 heteroatoms. The Hall–Kier alpha value is -7.36. The Labute approximate surface area is 336 Å². The highest BCUT2D eigenvalue weighted by Gasteiger charge is 2.38. The van der Waals surface area contributed by atoms with Crippen LogP contribution in [0, 0.1) is 0 Å². The summed E-state index contributed by atoms with van der Waals surface area (Å²) in [7, 11) is 0. The van der Waals surface area contributed by atoms with Gasteiger partial charge in [0, 0.05) is 38.6 Å². The van der Waals surface area contributed by atoms with Crippen LogP contribution in [0.2, 0.25) is 0 Å². The predicted octanol–water partition coefficient (Wildman–Crippen LogP) is 14.3. The lowest BCUT2D eigenvalue weighted by Crippen LogP contribution is -2.15. The highest BCUT2D eigenvalue weighted by molar-refractivity contribution is 6.27. The maximum absolute atomic E-state index is 5.18. The molecule has 2 heterocycles. The van der Waals surface area contributed by atoms with Crippen molar-refractivity contribution in [3.05, 3.63) is 199 Å². The molecule has 12 rings (SSSR count). The van der Waals surface area contributed by atoms with Crippen LogP contribution < -0.4 is 0 Å². The second-order valence-corrected chi connectivity index (χ2v) is 16.1. The lowest BCUT2D eigenvalue weighted by molar-refractivity contribution is 0.667. The number of nitrogens with zero attached hydrogens (tertiary/aromatic N) is 3. The highest BCUT2D eigenvalue weighted by Crippen LogP contribution is 2.55. The van der Waals surface area contributed by atoms with Gasteiger partial charge in [0.25, 0.3) is 0 Å². The van der Waals surface area contributed by atoms with Crippen LogP contribution in [-0.2, 0) is 5.41 Å². The van der Waals surface area contributed by atoms with E-state index in [1.165, 1.54) is 76.4 Å². The van der Waals surface area contributed by atoms with E-state index >= 15 is 0 Å². The summed E-state index contributed by atoms with van der Waals surface area (Å²) in [5.74, 6) is 0.700. The average molecular weight is 740 g/mol.